The Morgan fingerprint density at radius 1 is 1.44 bits per heavy atom. The molecule has 0 spiro atoms. The molecule has 1 N–H and O–H groups in total. The van der Waals surface area contributed by atoms with Crippen molar-refractivity contribution in [3.63, 3.8) is 0 Å². The van der Waals surface area contributed by atoms with E-state index >= 15 is 0 Å². The smallest absolute Gasteiger partial charge is 0.228 e. The number of nitrogens with one attached hydrogen (secondary N) is 1. The number of hydrogen-bond acceptors (Lipinski definition) is 5. The van der Waals surface area contributed by atoms with Crippen LogP contribution < -0.4 is 5.32 Å². The molecule has 1 atom stereocenters. The zero-order chi connectivity index (χ0) is 13.0. The molecular formula is C12H16N4OS. The highest BCUT2D eigenvalue weighted by molar-refractivity contribution is 7.21. The second-order valence-corrected chi connectivity index (χ2v) is 5.21. The minimum atomic E-state index is 0.0119. The number of carbonyl (C=O) groups excluding carboxylic acids is 1. The number of amides is 1. The fourth-order valence-electron chi connectivity index (χ4n) is 1.60. The monoisotopic (exact) mass is 264 g/mol. The average Bonchev–Trinajstić information content (AvgIpc) is 2.77. The van der Waals surface area contributed by atoms with Gasteiger partial charge in [0.05, 0.1) is 0 Å². The molecule has 5 nitrogen and oxygen atoms in total. The van der Waals surface area contributed by atoms with Crippen molar-refractivity contribution in [3.05, 3.63) is 12.4 Å². The van der Waals surface area contributed by atoms with Crippen LogP contribution in [0.3, 0.4) is 0 Å². The first-order chi connectivity index (χ1) is 8.70. The summed E-state index contributed by atoms with van der Waals surface area (Å²) < 4.78 is 0. The Labute approximate surface area is 110 Å². The van der Waals surface area contributed by atoms with Gasteiger partial charge in [0.2, 0.25) is 5.91 Å². The standard InChI is InChI=1S/C12H16N4OS/c1-3-4-5-8(2)10(17)16-12-15-9-11(18-12)14-7-6-13-9/h6-8H,3-5H2,1-2H3,(H,13,15,16,17). The zero-order valence-electron chi connectivity index (χ0n) is 10.5. The minimum Gasteiger partial charge on any atom is -0.302 e. The zero-order valence-corrected chi connectivity index (χ0v) is 11.3. The summed E-state index contributed by atoms with van der Waals surface area (Å²) in [4.78, 5) is 25.1. The number of carbonyl (C=O) groups is 1. The van der Waals surface area contributed by atoms with Crippen molar-refractivity contribution in [1.82, 2.24) is 15.0 Å². The molecule has 0 aliphatic carbocycles. The van der Waals surface area contributed by atoms with Gasteiger partial charge in [-0.2, -0.15) is 4.98 Å². The number of nitrogens with zero attached hydrogens (tertiary/aromatic N) is 3. The Hall–Kier alpha value is -1.56. The van der Waals surface area contributed by atoms with Crippen molar-refractivity contribution in [2.45, 2.75) is 33.1 Å². The van der Waals surface area contributed by atoms with Gasteiger partial charge in [-0.05, 0) is 6.42 Å². The summed E-state index contributed by atoms with van der Waals surface area (Å²) in [6.45, 7) is 4.06. The summed E-state index contributed by atoms with van der Waals surface area (Å²) >= 11 is 1.35. The third-order valence-electron chi connectivity index (χ3n) is 2.72. The van der Waals surface area contributed by atoms with Gasteiger partial charge in [-0.15, -0.1) is 0 Å². The Balaban J connectivity index is 2.02. The maximum absolute atomic E-state index is 11.9. The lowest BCUT2D eigenvalue weighted by Gasteiger charge is -2.09. The number of fused-ring (bicyclic) bond motifs is 1. The van der Waals surface area contributed by atoms with Crippen LogP contribution in [0.25, 0.3) is 10.5 Å². The SMILES string of the molecule is CCCCC(C)C(=O)Nc1nc2nccnc2s1. The van der Waals surface area contributed by atoms with Gasteiger partial charge in [0.1, 0.15) is 0 Å². The first kappa shape index (κ1) is 12.9. The largest absolute Gasteiger partial charge is 0.302 e. The molecule has 0 saturated carbocycles. The highest BCUT2D eigenvalue weighted by Crippen LogP contribution is 2.22. The molecule has 0 saturated heterocycles. The average molecular weight is 264 g/mol. The van der Waals surface area contributed by atoms with E-state index < -0.39 is 0 Å². The molecule has 1 amide bonds. The predicted octanol–water partition coefficient (Wildman–Crippen LogP) is 2.85. The van der Waals surface area contributed by atoms with E-state index in [1.165, 1.54) is 11.3 Å². The molecule has 0 radical (unpaired) electrons. The lowest BCUT2D eigenvalue weighted by atomic mass is 10.0. The van der Waals surface area contributed by atoms with Crippen molar-refractivity contribution in [2.75, 3.05) is 5.32 Å². The first-order valence-electron chi connectivity index (χ1n) is 6.09. The number of aromatic nitrogens is 3. The van der Waals surface area contributed by atoms with E-state index in [-0.39, 0.29) is 11.8 Å². The summed E-state index contributed by atoms with van der Waals surface area (Å²) in [5.41, 5.74) is 0.582. The molecular weight excluding hydrogens is 248 g/mol. The van der Waals surface area contributed by atoms with Crippen LogP contribution in [0.5, 0.6) is 0 Å². The molecule has 2 rings (SSSR count). The van der Waals surface area contributed by atoms with Crippen LogP contribution in [0.2, 0.25) is 0 Å². The van der Waals surface area contributed by atoms with Crippen molar-refractivity contribution in [3.8, 4) is 0 Å². The van der Waals surface area contributed by atoms with Crippen LogP contribution in [-0.2, 0) is 4.79 Å². The second-order valence-electron chi connectivity index (χ2n) is 4.24. The van der Waals surface area contributed by atoms with Gasteiger partial charge in [-0.25, -0.2) is 9.97 Å². The number of hydrogen-bond donors (Lipinski definition) is 1. The van der Waals surface area contributed by atoms with Gasteiger partial charge in [0, 0.05) is 18.3 Å². The molecule has 0 bridgehead atoms. The molecule has 2 aromatic rings. The highest BCUT2D eigenvalue weighted by atomic mass is 32.1. The number of anilines is 1. The third kappa shape index (κ3) is 3.01. The summed E-state index contributed by atoms with van der Waals surface area (Å²) in [5, 5.41) is 3.40. The molecule has 0 fully saturated rings. The minimum absolute atomic E-state index is 0.0119. The number of thiazole rings is 1. The van der Waals surface area contributed by atoms with Crippen LogP contribution in [-0.4, -0.2) is 20.9 Å². The molecule has 0 aliphatic heterocycles. The predicted molar refractivity (Wildman–Crippen MR) is 72.5 cm³/mol. The summed E-state index contributed by atoms with van der Waals surface area (Å²) in [6.07, 6.45) is 6.29. The summed E-state index contributed by atoms with van der Waals surface area (Å²) in [6, 6.07) is 0. The van der Waals surface area contributed by atoms with Crippen LogP contribution in [0.15, 0.2) is 12.4 Å². The van der Waals surface area contributed by atoms with E-state index in [9.17, 15) is 4.79 Å². The summed E-state index contributed by atoms with van der Waals surface area (Å²) in [7, 11) is 0. The Morgan fingerprint density at radius 2 is 2.22 bits per heavy atom. The van der Waals surface area contributed by atoms with Crippen molar-refractivity contribution in [1.29, 1.82) is 0 Å². The molecule has 2 aromatic heterocycles. The lowest BCUT2D eigenvalue weighted by Crippen LogP contribution is -2.20. The normalized spacial score (nSPS) is 12.6. The van der Waals surface area contributed by atoms with Crippen molar-refractivity contribution < 1.29 is 4.79 Å². The Kier molecular flexibility index (Phi) is 4.19. The van der Waals surface area contributed by atoms with Gasteiger partial charge < -0.3 is 5.32 Å². The van der Waals surface area contributed by atoms with Crippen LogP contribution in [0, 0.1) is 5.92 Å². The molecule has 1 unspecified atom stereocenters. The molecule has 6 heteroatoms. The maximum Gasteiger partial charge on any atom is 0.228 e. The van der Waals surface area contributed by atoms with E-state index in [1.807, 2.05) is 6.92 Å². The van der Waals surface area contributed by atoms with Crippen molar-refractivity contribution in [2.24, 2.45) is 5.92 Å². The molecule has 96 valence electrons. The number of unbranched alkanes of at least 4 members (excludes halogenated alkanes) is 1. The topological polar surface area (TPSA) is 67.8 Å². The Bertz CT molecular complexity index is 507. The molecule has 0 aromatic carbocycles. The van der Waals surface area contributed by atoms with E-state index in [4.69, 9.17) is 0 Å². The van der Waals surface area contributed by atoms with Crippen LogP contribution >= 0.6 is 11.3 Å². The van der Waals surface area contributed by atoms with E-state index in [0.29, 0.717) is 10.8 Å². The van der Waals surface area contributed by atoms with Gasteiger partial charge >= 0.3 is 0 Å². The second kappa shape index (κ2) is 5.86. The van der Waals surface area contributed by atoms with E-state index in [1.54, 1.807) is 12.4 Å². The molecule has 18 heavy (non-hydrogen) atoms. The van der Waals surface area contributed by atoms with Gasteiger partial charge in [-0.1, -0.05) is 38.0 Å². The molecule has 0 aliphatic rings. The number of rotatable bonds is 5. The van der Waals surface area contributed by atoms with Gasteiger partial charge in [-0.3, -0.25) is 4.79 Å². The third-order valence-corrected chi connectivity index (χ3v) is 3.58. The van der Waals surface area contributed by atoms with Crippen LogP contribution in [0.1, 0.15) is 33.1 Å². The van der Waals surface area contributed by atoms with E-state index in [0.717, 1.165) is 24.1 Å². The first-order valence-corrected chi connectivity index (χ1v) is 6.90. The van der Waals surface area contributed by atoms with Crippen LogP contribution in [0.4, 0.5) is 5.13 Å². The quantitative estimate of drug-likeness (QED) is 0.901. The molecule has 2 heterocycles. The lowest BCUT2D eigenvalue weighted by molar-refractivity contribution is -0.119. The summed E-state index contributed by atoms with van der Waals surface area (Å²) in [5.74, 6) is 0.0281. The fourth-order valence-corrected chi connectivity index (χ4v) is 2.37. The highest BCUT2D eigenvalue weighted by Gasteiger charge is 2.14. The maximum atomic E-state index is 11.9. The fraction of sp³-hybridized carbons (Fsp3) is 0.500. The van der Waals surface area contributed by atoms with Gasteiger partial charge in [0.25, 0.3) is 0 Å². The Morgan fingerprint density at radius 3 is 2.94 bits per heavy atom. The van der Waals surface area contributed by atoms with E-state index in [2.05, 4.69) is 27.2 Å². The van der Waals surface area contributed by atoms with Gasteiger partial charge in [0.15, 0.2) is 15.6 Å². The van der Waals surface area contributed by atoms with Crippen molar-refractivity contribution >= 4 is 32.9 Å².